The number of benzene rings is 1. The van der Waals surface area contributed by atoms with Crippen LogP contribution in [0.5, 0.6) is 11.5 Å². The standard InChI is InChI=1S/C20H28O11/c21-8-20(28)9-30-19(18(20)27)29-7-14-16(25)17(26)15(24)13(31-14)3-1-2-10-4-5-11(22)12(23)6-10/h1,3-6,13-19,21-28H,2,7-9H2/b3-1+/t13-,14+,15-,16+,17+,18+,19+,20-/m1/s1. The number of rotatable bonds is 7. The highest BCUT2D eigenvalue weighted by Crippen LogP contribution is 2.28. The Labute approximate surface area is 178 Å². The molecule has 2 aliphatic rings. The summed E-state index contributed by atoms with van der Waals surface area (Å²) in [7, 11) is 0. The van der Waals surface area contributed by atoms with E-state index in [2.05, 4.69) is 0 Å². The van der Waals surface area contributed by atoms with Gasteiger partial charge in [-0.2, -0.15) is 0 Å². The summed E-state index contributed by atoms with van der Waals surface area (Å²) >= 11 is 0. The van der Waals surface area contributed by atoms with Crippen LogP contribution in [0.2, 0.25) is 0 Å². The van der Waals surface area contributed by atoms with Crippen LogP contribution in [-0.2, 0) is 20.6 Å². The van der Waals surface area contributed by atoms with Crippen molar-refractivity contribution in [2.45, 2.75) is 54.9 Å². The van der Waals surface area contributed by atoms with Gasteiger partial charge < -0.3 is 55.1 Å². The van der Waals surface area contributed by atoms with Crippen molar-refractivity contribution in [1.82, 2.24) is 0 Å². The fourth-order valence-electron chi connectivity index (χ4n) is 3.43. The average molecular weight is 444 g/mol. The van der Waals surface area contributed by atoms with Crippen molar-refractivity contribution in [3.8, 4) is 11.5 Å². The van der Waals surface area contributed by atoms with Crippen molar-refractivity contribution in [3.63, 3.8) is 0 Å². The molecule has 2 fully saturated rings. The highest BCUT2D eigenvalue weighted by Gasteiger charge is 2.49. The Morgan fingerprint density at radius 3 is 2.45 bits per heavy atom. The number of hydrogen-bond acceptors (Lipinski definition) is 11. The number of allylic oxidation sites excluding steroid dienone is 1. The molecule has 0 aromatic heterocycles. The maximum absolute atomic E-state index is 10.2. The highest BCUT2D eigenvalue weighted by atomic mass is 16.7. The van der Waals surface area contributed by atoms with Gasteiger partial charge in [-0.3, -0.25) is 0 Å². The second kappa shape index (κ2) is 9.77. The maximum Gasteiger partial charge on any atom is 0.186 e. The topological polar surface area (TPSA) is 190 Å². The molecule has 11 heteroatoms. The second-order valence-corrected chi connectivity index (χ2v) is 7.79. The third kappa shape index (κ3) is 5.17. The molecule has 0 radical (unpaired) electrons. The lowest BCUT2D eigenvalue weighted by atomic mass is 9.94. The first-order valence-corrected chi connectivity index (χ1v) is 9.78. The first-order valence-electron chi connectivity index (χ1n) is 9.78. The fourth-order valence-corrected chi connectivity index (χ4v) is 3.43. The quantitative estimate of drug-likeness (QED) is 0.164. The minimum absolute atomic E-state index is 0.243. The van der Waals surface area contributed by atoms with Gasteiger partial charge in [-0.1, -0.05) is 18.2 Å². The Morgan fingerprint density at radius 2 is 1.81 bits per heavy atom. The molecule has 2 saturated heterocycles. The second-order valence-electron chi connectivity index (χ2n) is 7.79. The van der Waals surface area contributed by atoms with Crippen LogP contribution in [0, 0.1) is 0 Å². The third-order valence-corrected chi connectivity index (χ3v) is 5.47. The lowest BCUT2D eigenvalue weighted by molar-refractivity contribution is -0.241. The molecule has 174 valence electrons. The Bertz CT molecular complexity index is 771. The SMILES string of the molecule is OC[C@@]1(O)CO[C@H](OC[C@@H]2O[C@H](/C=C/Cc3ccc(O)c(O)c3)[C@@H](O)[C@H](O)[C@H]2O)[C@@H]1O. The van der Waals surface area contributed by atoms with Crippen LogP contribution in [0.25, 0.3) is 0 Å². The molecule has 0 aliphatic carbocycles. The van der Waals surface area contributed by atoms with E-state index < -0.39 is 55.1 Å². The number of ether oxygens (including phenoxy) is 3. The minimum Gasteiger partial charge on any atom is -0.504 e. The summed E-state index contributed by atoms with van der Waals surface area (Å²) in [6.45, 7) is -1.40. The van der Waals surface area contributed by atoms with Gasteiger partial charge in [0, 0.05) is 0 Å². The van der Waals surface area contributed by atoms with Crippen LogP contribution in [0.3, 0.4) is 0 Å². The molecular weight excluding hydrogens is 416 g/mol. The van der Waals surface area contributed by atoms with Crippen molar-refractivity contribution >= 4 is 0 Å². The maximum atomic E-state index is 10.2. The van der Waals surface area contributed by atoms with Crippen LogP contribution >= 0.6 is 0 Å². The summed E-state index contributed by atoms with van der Waals surface area (Å²) in [5, 5.41) is 78.6. The summed E-state index contributed by atoms with van der Waals surface area (Å²) in [5.41, 5.74) is -1.18. The molecule has 1 aromatic rings. The first kappa shape index (κ1) is 23.9. The summed E-state index contributed by atoms with van der Waals surface area (Å²) in [5.74, 6) is -0.507. The van der Waals surface area contributed by atoms with Gasteiger partial charge >= 0.3 is 0 Å². The van der Waals surface area contributed by atoms with E-state index >= 15 is 0 Å². The smallest absolute Gasteiger partial charge is 0.186 e. The van der Waals surface area contributed by atoms with E-state index in [0.29, 0.717) is 12.0 Å². The van der Waals surface area contributed by atoms with Gasteiger partial charge in [0.25, 0.3) is 0 Å². The predicted octanol–water partition coefficient (Wildman–Crippen LogP) is -2.50. The van der Waals surface area contributed by atoms with Gasteiger partial charge in [-0.15, -0.1) is 0 Å². The molecule has 2 aliphatic heterocycles. The number of aliphatic hydroxyl groups excluding tert-OH is 5. The van der Waals surface area contributed by atoms with Gasteiger partial charge in [-0.25, -0.2) is 0 Å². The summed E-state index contributed by atoms with van der Waals surface area (Å²) < 4.78 is 16.1. The molecule has 31 heavy (non-hydrogen) atoms. The molecule has 0 unspecified atom stereocenters. The molecule has 3 rings (SSSR count). The van der Waals surface area contributed by atoms with E-state index in [0.717, 1.165) is 0 Å². The molecule has 2 heterocycles. The zero-order chi connectivity index (χ0) is 22.8. The van der Waals surface area contributed by atoms with E-state index in [1.807, 2.05) is 0 Å². The van der Waals surface area contributed by atoms with E-state index in [1.165, 1.54) is 18.2 Å². The Morgan fingerprint density at radius 1 is 1.06 bits per heavy atom. The zero-order valence-electron chi connectivity index (χ0n) is 16.6. The monoisotopic (exact) mass is 444 g/mol. The molecule has 0 saturated carbocycles. The summed E-state index contributed by atoms with van der Waals surface area (Å²) in [4.78, 5) is 0. The van der Waals surface area contributed by atoms with Crippen LogP contribution in [0.15, 0.2) is 30.4 Å². The van der Waals surface area contributed by atoms with Crippen molar-refractivity contribution in [2.75, 3.05) is 19.8 Å². The lowest BCUT2D eigenvalue weighted by Crippen LogP contribution is -2.58. The van der Waals surface area contributed by atoms with E-state index in [1.54, 1.807) is 12.1 Å². The van der Waals surface area contributed by atoms with E-state index in [4.69, 9.17) is 19.3 Å². The summed E-state index contributed by atoms with van der Waals surface area (Å²) in [6, 6.07) is 4.33. The van der Waals surface area contributed by atoms with Gasteiger partial charge in [0.15, 0.2) is 17.8 Å². The molecule has 0 spiro atoms. The predicted molar refractivity (Wildman–Crippen MR) is 103 cm³/mol. The van der Waals surface area contributed by atoms with Crippen LogP contribution in [-0.4, -0.2) is 109 Å². The Kier molecular flexibility index (Phi) is 7.52. The zero-order valence-corrected chi connectivity index (χ0v) is 16.6. The largest absolute Gasteiger partial charge is 0.504 e. The highest BCUT2D eigenvalue weighted by molar-refractivity contribution is 5.41. The third-order valence-electron chi connectivity index (χ3n) is 5.47. The number of phenolic OH excluding ortho intramolecular Hbond substituents is 2. The molecule has 8 N–H and O–H groups in total. The van der Waals surface area contributed by atoms with Crippen molar-refractivity contribution in [2.24, 2.45) is 0 Å². The average Bonchev–Trinajstić information content (AvgIpc) is 3.04. The first-order chi connectivity index (χ1) is 14.7. The number of aromatic hydroxyl groups is 2. The van der Waals surface area contributed by atoms with Gasteiger partial charge in [0.1, 0.15) is 42.2 Å². The van der Waals surface area contributed by atoms with Crippen LogP contribution in [0.4, 0.5) is 0 Å². The number of phenols is 2. The molecule has 0 bridgehead atoms. The Balaban J connectivity index is 1.59. The number of hydrogen-bond donors (Lipinski definition) is 8. The number of aliphatic hydroxyl groups is 6. The normalized spacial score (nSPS) is 38.7. The van der Waals surface area contributed by atoms with Crippen molar-refractivity contribution in [1.29, 1.82) is 0 Å². The Hall–Kier alpha value is -1.80. The van der Waals surface area contributed by atoms with E-state index in [9.17, 15) is 35.7 Å². The minimum atomic E-state index is -1.86. The lowest BCUT2D eigenvalue weighted by Gasteiger charge is -2.40. The molecule has 8 atom stereocenters. The summed E-state index contributed by atoms with van der Waals surface area (Å²) in [6.07, 6.45) is -5.83. The van der Waals surface area contributed by atoms with Crippen molar-refractivity contribution < 1.29 is 55.1 Å². The van der Waals surface area contributed by atoms with Crippen molar-refractivity contribution in [3.05, 3.63) is 35.9 Å². The fraction of sp³-hybridized carbons (Fsp3) is 0.600. The molecule has 0 amide bonds. The van der Waals surface area contributed by atoms with Crippen LogP contribution < -0.4 is 0 Å². The molecular formula is C20H28O11. The van der Waals surface area contributed by atoms with Gasteiger partial charge in [-0.05, 0) is 24.1 Å². The molecule has 1 aromatic carbocycles. The molecule has 11 nitrogen and oxygen atoms in total. The van der Waals surface area contributed by atoms with Crippen LogP contribution in [0.1, 0.15) is 5.56 Å². The van der Waals surface area contributed by atoms with E-state index in [-0.39, 0.29) is 24.7 Å². The van der Waals surface area contributed by atoms with Gasteiger partial charge in [0.2, 0.25) is 0 Å². The van der Waals surface area contributed by atoms with Gasteiger partial charge in [0.05, 0.1) is 19.8 Å².